The van der Waals surface area contributed by atoms with Crippen molar-refractivity contribution in [1.29, 1.82) is 0 Å². The van der Waals surface area contributed by atoms with Crippen LogP contribution in [0.1, 0.15) is 30.2 Å². The average molecular weight is 310 g/mol. The number of carbonyl (C=O) groups excluding carboxylic acids is 1. The number of carbonyl (C=O) groups is 2. The monoisotopic (exact) mass is 310 g/mol. The highest BCUT2D eigenvalue weighted by Crippen LogP contribution is 2.24. The quantitative estimate of drug-likeness (QED) is 0.834. The zero-order valence-electron chi connectivity index (χ0n) is 12.4. The molecule has 1 aliphatic rings. The van der Waals surface area contributed by atoms with Gasteiger partial charge in [-0.05, 0) is 36.4 Å². The maximum Gasteiger partial charge on any atom is 0.317 e. The molecule has 0 aromatic carbocycles. The molecule has 116 valence electrons. The van der Waals surface area contributed by atoms with Gasteiger partial charge in [0.25, 0.3) is 0 Å². The van der Waals surface area contributed by atoms with Crippen molar-refractivity contribution in [3.63, 3.8) is 0 Å². The number of carboxylic acid groups (broad SMARTS) is 1. The minimum absolute atomic E-state index is 0.00972. The van der Waals surface area contributed by atoms with Gasteiger partial charge in [0.2, 0.25) is 5.91 Å². The van der Waals surface area contributed by atoms with E-state index >= 15 is 0 Å². The lowest BCUT2D eigenvalue weighted by atomic mass is 10.1. The van der Waals surface area contributed by atoms with Gasteiger partial charge in [0.05, 0.1) is 6.54 Å². The second-order valence-electron chi connectivity index (χ2n) is 5.35. The highest BCUT2D eigenvalue weighted by Gasteiger charge is 2.21. The molecule has 0 fully saturated rings. The van der Waals surface area contributed by atoms with Crippen molar-refractivity contribution < 1.29 is 14.7 Å². The fourth-order valence-corrected chi connectivity index (χ4v) is 3.54. The van der Waals surface area contributed by atoms with Gasteiger partial charge in [-0.2, -0.15) is 0 Å². The molecule has 2 rings (SSSR count). The first kappa shape index (κ1) is 16.0. The summed E-state index contributed by atoms with van der Waals surface area (Å²) in [6.07, 6.45) is 2.22. The number of carboxylic acids is 1. The van der Waals surface area contributed by atoms with E-state index in [1.54, 1.807) is 11.3 Å². The van der Waals surface area contributed by atoms with Crippen molar-refractivity contribution in [1.82, 2.24) is 9.80 Å². The second kappa shape index (κ2) is 7.56. The molecule has 0 saturated heterocycles. The molecule has 2 heterocycles. The van der Waals surface area contributed by atoms with Gasteiger partial charge in [0, 0.05) is 30.9 Å². The molecule has 0 unspecified atom stereocenters. The van der Waals surface area contributed by atoms with E-state index in [2.05, 4.69) is 11.4 Å². The van der Waals surface area contributed by atoms with E-state index in [4.69, 9.17) is 5.11 Å². The summed E-state index contributed by atoms with van der Waals surface area (Å²) in [6.45, 7) is 4.73. The molecule has 1 aromatic heterocycles. The Morgan fingerprint density at radius 2 is 2.24 bits per heavy atom. The molecule has 1 N–H and O–H groups in total. The SMILES string of the molecule is CCCN(CCC(=O)N1CCc2sccc2C1)CC(=O)O. The van der Waals surface area contributed by atoms with Crippen molar-refractivity contribution in [3.8, 4) is 0 Å². The summed E-state index contributed by atoms with van der Waals surface area (Å²) in [5.74, 6) is -0.713. The predicted molar refractivity (Wildman–Crippen MR) is 82.4 cm³/mol. The molecule has 1 aliphatic heterocycles. The zero-order valence-corrected chi connectivity index (χ0v) is 13.2. The number of hydrogen-bond donors (Lipinski definition) is 1. The molecular weight excluding hydrogens is 288 g/mol. The third-order valence-corrected chi connectivity index (χ3v) is 4.72. The van der Waals surface area contributed by atoms with Crippen LogP contribution in [0.3, 0.4) is 0 Å². The lowest BCUT2D eigenvalue weighted by Gasteiger charge is -2.28. The third kappa shape index (κ3) is 4.54. The van der Waals surface area contributed by atoms with Crippen molar-refractivity contribution in [3.05, 3.63) is 21.9 Å². The summed E-state index contributed by atoms with van der Waals surface area (Å²) in [7, 11) is 0. The molecule has 0 saturated carbocycles. The predicted octanol–water partition coefficient (Wildman–Crippen LogP) is 1.82. The van der Waals surface area contributed by atoms with Gasteiger partial charge in [-0.25, -0.2) is 0 Å². The maximum atomic E-state index is 12.3. The highest BCUT2D eigenvalue weighted by atomic mass is 32.1. The van der Waals surface area contributed by atoms with E-state index < -0.39 is 5.97 Å². The molecule has 1 amide bonds. The van der Waals surface area contributed by atoms with E-state index in [9.17, 15) is 9.59 Å². The largest absolute Gasteiger partial charge is 0.480 e. The Morgan fingerprint density at radius 3 is 2.95 bits per heavy atom. The summed E-state index contributed by atoms with van der Waals surface area (Å²) >= 11 is 1.76. The van der Waals surface area contributed by atoms with Gasteiger partial charge in [0.15, 0.2) is 0 Å². The van der Waals surface area contributed by atoms with Crippen molar-refractivity contribution in [2.45, 2.75) is 32.7 Å². The average Bonchev–Trinajstić information content (AvgIpc) is 2.91. The molecule has 0 bridgehead atoms. The molecule has 0 aliphatic carbocycles. The van der Waals surface area contributed by atoms with Crippen LogP contribution in [0.15, 0.2) is 11.4 Å². The minimum atomic E-state index is -0.836. The van der Waals surface area contributed by atoms with Crippen molar-refractivity contribution in [2.75, 3.05) is 26.2 Å². The molecule has 0 atom stereocenters. The van der Waals surface area contributed by atoms with E-state index in [1.807, 2.05) is 16.7 Å². The van der Waals surface area contributed by atoms with Crippen LogP contribution in [0, 0.1) is 0 Å². The van der Waals surface area contributed by atoms with Crippen LogP contribution in [-0.4, -0.2) is 53.0 Å². The Kier molecular flexibility index (Phi) is 5.76. The molecule has 0 spiro atoms. The molecule has 6 heteroatoms. The Labute approximate surface area is 129 Å². The molecule has 1 aromatic rings. The number of nitrogens with zero attached hydrogens (tertiary/aromatic N) is 2. The van der Waals surface area contributed by atoms with Crippen LogP contribution in [-0.2, 0) is 22.6 Å². The van der Waals surface area contributed by atoms with E-state index in [0.717, 1.165) is 19.4 Å². The minimum Gasteiger partial charge on any atom is -0.480 e. The topological polar surface area (TPSA) is 60.9 Å². The standard InChI is InChI=1S/C15H22N2O3S/c1-2-6-16(11-15(19)20)7-4-14(18)17-8-3-13-12(10-17)5-9-21-13/h5,9H,2-4,6-8,10-11H2,1H3,(H,19,20). The lowest BCUT2D eigenvalue weighted by molar-refractivity contribution is -0.139. The summed E-state index contributed by atoms with van der Waals surface area (Å²) in [4.78, 5) is 28.2. The van der Waals surface area contributed by atoms with E-state index in [-0.39, 0.29) is 12.5 Å². The Hall–Kier alpha value is -1.40. The fraction of sp³-hybridized carbons (Fsp3) is 0.600. The normalized spacial score (nSPS) is 14.3. The molecule has 0 radical (unpaired) electrons. The van der Waals surface area contributed by atoms with Gasteiger partial charge >= 0.3 is 5.97 Å². The first-order chi connectivity index (χ1) is 10.1. The van der Waals surface area contributed by atoms with Crippen LogP contribution in [0.25, 0.3) is 0 Å². The number of hydrogen-bond acceptors (Lipinski definition) is 4. The lowest BCUT2D eigenvalue weighted by Crippen LogP contribution is -2.38. The number of aliphatic carboxylic acids is 1. The maximum absolute atomic E-state index is 12.3. The smallest absolute Gasteiger partial charge is 0.317 e. The number of thiophene rings is 1. The van der Waals surface area contributed by atoms with Gasteiger partial charge in [0.1, 0.15) is 0 Å². The summed E-state index contributed by atoms with van der Waals surface area (Å²) in [6, 6.07) is 2.09. The second-order valence-corrected chi connectivity index (χ2v) is 6.35. The van der Waals surface area contributed by atoms with E-state index in [0.29, 0.717) is 26.1 Å². The van der Waals surface area contributed by atoms with Crippen LogP contribution in [0.4, 0.5) is 0 Å². The first-order valence-corrected chi connectivity index (χ1v) is 8.25. The van der Waals surface area contributed by atoms with Crippen molar-refractivity contribution >= 4 is 23.2 Å². The van der Waals surface area contributed by atoms with Crippen LogP contribution >= 0.6 is 11.3 Å². The van der Waals surface area contributed by atoms with Gasteiger partial charge < -0.3 is 10.0 Å². The molecular formula is C15H22N2O3S. The van der Waals surface area contributed by atoms with E-state index in [1.165, 1.54) is 10.4 Å². The Bertz CT molecular complexity index is 501. The fourth-order valence-electron chi connectivity index (χ4n) is 2.65. The Balaban J connectivity index is 1.82. The zero-order chi connectivity index (χ0) is 15.2. The Morgan fingerprint density at radius 1 is 1.43 bits per heavy atom. The summed E-state index contributed by atoms with van der Waals surface area (Å²) < 4.78 is 0. The van der Waals surface area contributed by atoms with Gasteiger partial charge in [-0.15, -0.1) is 11.3 Å². The third-order valence-electron chi connectivity index (χ3n) is 3.70. The number of rotatable bonds is 7. The summed E-state index contributed by atoms with van der Waals surface area (Å²) in [5, 5.41) is 11.0. The van der Waals surface area contributed by atoms with Crippen LogP contribution in [0.5, 0.6) is 0 Å². The van der Waals surface area contributed by atoms with Gasteiger partial charge in [-0.3, -0.25) is 14.5 Å². The van der Waals surface area contributed by atoms with Crippen LogP contribution < -0.4 is 0 Å². The highest BCUT2D eigenvalue weighted by molar-refractivity contribution is 7.10. The van der Waals surface area contributed by atoms with Gasteiger partial charge in [-0.1, -0.05) is 6.92 Å². The molecule has 5 nitrogen and oxygen atoms in total. The molecule has 21 heavy (non-hydrogen) atoms. The number of amides is 1. The van der Waals surface area contributed by atoms with Crippen LogP contribution in [0.2, 0.25) is 0 Å². The first-order valence-electron chi connectivity index (χ1n) is 7.37. The van der Waals surface area contributed by atoms with Crippen molar-refractivity contribution in [2.24, 2.45) is 0 Å². The summed E-state index contributed by atoms with van der Waals surface area (Å²) in [5.41, 5.74) is 1.26. The number of fused-ring (bicyclic) bond motifs is 1.